The van der Waals surface area contributed by atoms with Crippen LogP contribution in [-0.2, 0) is 6.18 Å². The number of benzene rings is 1. The van der Waals surface area contributed by atoms with Gasteiger partial charge in [0.05, 0.1) is 12.2 Å². The van der Waals surface area contributed by atoms with Crippen molar-refractivity contribution in [1.29, 1.82) is 0 Å². The zero-order valence-electron chi connectivity index (χ0n) is 11.4. The second-order valence-corrected chi connectivity index (χ2v) is 5.12. The molecule has 1 aromatic carbocycles. The Kier molecular flexibility index (Phi) is 4.59. The average Bonchev–Trinajstić information content (AvgIpc) is 2.39. The van der Waals surface area contributed by atoms with Gasteiger partial charge in [-0.2, -0.15) is 13.2 Å². The first-order valence-electron chi connectivity index (χ1n) is 6.73. The standard InChI is InChI=1S/C14H17F3N2O2/c15-14(16,17)12-8-10(4-5-11(12)13(18)19-20)21-7-6-9-2-1-3-9/h4-5,8-9,20H,1-3,6-7H2,(H2,18,19). The van der Waals surface area contributed by atoms with E-state index in [-0.39, 0.29) is 11.3 Å². The van der Waals surface area contributed by atoms with Gasteiger partial charge in [0.15, 0.2) is 5.84 Å². The molecule has 1 aliphatic rings. The third-order valence-corrected chi connectivity index (χ3v) is 3.70. The highest BCUT2D eigenvalue weighted by Gasteiger charge is 2.35. The van der Waals surface area contributed by atoms with Crippen molar-refractivity contribution in [2.75, 3.05) is 6.61 Å². The van der Waals surface area contributed by atoms with Crippen molar-refractivity contribution in [3.05, 3.63) is 29.3 Å². The molecule has 1 aromatic rings. The Morgan fingerprint density at radius 2 is 2.10 bits per heavy atom. The number of nitrogens with two attached hydrogens (primary N) is 1. The summed E-state index contributed by atoms with van der Waals surface area (Å²) in [7, 11) is 0. The SMILES string of the molecule is N/C(=N/O)c1ccc(OCCC2CCC2)cc1C(F)(F)F. The van der Waals surface area contributed by atoms with Gasteiger partial charge < -0.3 is 15.7 Å². The molecule has 0 saturated heterocycles. The molecule has 0 aliphatic heterocycles. The van der Waals surface area contributed by atoms with Crippen LogP contribution >= 0.6 is 0 Å². The van der Waals surface area contributed by atoms with E-state index in [0.29, 0.717) is 12.5 Å². The Labute approximate surface area is 120 Å². The number of alkyl halides is 3. The first kappa shape index (κ1) is 15.5. The first-order valence-corrected chi connectivity index (χ1v) is 6.73. The minimum atomic E-state index is -4.60. The van der Waals surface area contributed by atoms with Crippen molar-refractivity contribution in [1.82, 2.24) is 0 Å². The fraction of sp³-hybridized carbons (Fsp3) is 0.500. The predicted octanol–water partition coefficient (Wildman–Crippen LogP) is 3.37. The second kappa shape index (κ2) is 6.24. The van der Waals surface area contributed by atoms with Crippen LogP contribution < -0.4 is 10.5 Å². The van der Waals surface area contributed by atoms with Crippen LogP contribution in [-0.4, -0.2) is 17.6 Å². The zero-order valence-corrected chi connectivity index (χ0v) is 11.4. The first-order chi connectivity index (χ1) is 9.91. The van der Waals surface area contributed by atoms with Gasteiger partial charge in [-0.15, -0.1) is 0 Å². The maximum Gasteiger partial charge on any atom is 0.417 e. The summed E-state index contributed by atoms with van der Waals surface area (Å²) < 4.78 is 44.3. The van der Waals surface area contributed by atoms with Crippen molar-refractivity contribution in [3.8, 4) is 5.75 Å². The van der Waals surface area contributed by atoms with Crippen LogP contribution in [0.4, 0.5) is 13.2 Å². The fourth-order valence-corrected chi connectivity index (χ4v) is 2.25. The highest BCUT2D eigenvalue weighted by molar-refractivity contribution is 5.98. The molecule has 0 radical (unpaired) electrons. The minimum absolute atomic E-state index is 0.135. The van der Waals surface area contributed by atoms with Gasteiger partial charge >= 0.3 is 6.18 Å². The van der Waals surface area contributed by atoms with Crippen LogP contribution in [0.1, 0.15) is 36.8 Å². The number of ether oxygens (including phenoxy) is 1. The number of oxime groups is 1. The monoisotopic (exact) mass is 302 g/mol. The lowest BCUT2D eigenvalue weighted by atomic mass is 9.83. The molecule has 4 nitrogen and oxygen atoms in total. The molecule has 0 amide bonds. The molecule has 1 saturated carbocycles. The molecule has 0 aromatic heterocycles. The number of halogens is 3. The topological polar surface area (TPSA) is 67.8 Å². The predicted molar refractivity (Wildman–Crippen MR) is 71.4 cm³/mol. The number of nitrogens with zero attached hydrogens (tertiary/aromatic N) is 1. The average molecular weight is 302 g/mol. The quantitative estimate of drug-likeness (QED) is 0.379. The summed E-state index contributed by atoms with van der Waals surface area (Å²) >= 11 is 0. The van der Waals surface area contributed by atoms with Gasteiger partial charge in [0, 0.05) is 5.56 Å². The third-order valence-electron chi connectivity index (χ3n) is 3.70. The molecule has 0 heterocycles. The minimum Gasteiger partial charge on any atom is -0.494 e. The second-order valence-electron chi connectivity index (χ2n) is 5.12. The molecule has 2 rings (SSSR count). The summed E-state index contributed by atoms with van der Waals surface area (Å²) in [5.41, 5.74) is 3.93. The van der Waals surface area contributed by atoms with Crippen LogP contribution in [0.5, 0.6) is 5.75 Å². The molecule has 21 heavy (non-hydrogen) atoms. The van der Waals surface area contributed by atoms with E-state index in [9.17, 15) is 13.2 Å². The highest BCUT2D eigenvalue weighted by atomic mass is 19.4. The van der Waals surface area contributed by atoms with Crippen molar-refractivity contribution in [3.63, 3.8) is 0 Å². The van der Waals surface area contributed by atoms with Crippen LogP contribution in [0, 0.1) is 5.92 Å². The number of hydrogen-bond acceptors (Lipinski definition) is 3. The molecule has 1 fully saturated rings. The maximum absolute atomic E-state index is 13.0. The van der Waals surface area contributed by atoms with Crippen LogP contribution in [0.2, 0.25) is 0 Å². The molecule has 3 N–H and O–H groups in total. The Hall–Kier alpha value is -1.92. The Morgan fingerprint density at radius 3 is 2.62 bits per heavy atom. The summed E-state index contributed by atoms with van der Waals surface area (Å²) in [5.74, 6) is 0.183. The zero-order chi connectivity index (χ0) is 15.5. The maximum atomic E-state index is 13.0. The summed E-state index contributed by atoms with van der Waals surface area (Å²) in [6, 6.07) is 3.42. The van der Waals surface area contributed by atoms with Crippen LogP contribution in [0.15, 0.2) is 23.4 Å². The van der Waals surface area contributed by atoms with E-state index >= 15 is 0 Å². The van der Waals surface area contributed by atoms with E-state index in [0.717, 1.165) is 18.6 Å². The molecule has 0 atom stereocenters. The Bertz CT molecular complexity index is 525. The van der Waals surface area contributed by atoms with Crippen molar-refractivity contribution in [2.45, 2.75) is 31.9 Å². The molecular formula is C14H17F3N2O2. The van der Waals surface area contributed by atoms with E-state index in [4.69, 9.17) is 15.7 Å². The summed E-state index contributed by atoms with van der Waals surface area (Å²) in [4.78, 5) is 0. The van der Waals surface area contributed by atoms with Gasteiger partial charge in [-0.3, -0.25) is 0 Å². The van der Waals surface area contributed by atoms with E-state index < -0.39 is 17.6 Å². The van der Waals surface area contributed by atoms with Gasteiger partial charge in [0.1, 0.15) is 5.75 Å². The highest BCUT2D eigenvalue weighted by Crippen LogP contribution is 2.35. The van der Waals surface area contributed by atoms with Gasteiger partial charge in [0.25, 0.3) is 0 Å². The molecule has 7 heteroatoms. The van der Waals surface area contributed by atoms with Crippen LogP contribution in [0.25, 0.3) is 0 Å². The molecule has 0 unspecified atom stereocenters. The summed E-state index contributed by atoms with van der Waals surface area (Å²) in [6.07, 6.45) is -0.197. The van der Waals surface area contributed by atoms with E-state index in [1.165, 1.54) is 25.3 Å². The molecular weight excluding hydrogens is 285 g/mol. The molecule has 0 bridgehead atoms. The van der Waals surface area contributed by atoms with E-state index in [1.54, 1.807) is 0 Å². The number of hydrogen-bond donors (Lipinski definition) is 2. The summed E-state index contributed by atoms with van der Waals surface area (Å²) in [6.45, 7) is 0.394. The Balaban J connectivity index is 2.12. The Morgan fingerprint density at radius 1 is 1.38 bits per heavy atom. The van der Waals surface area contributed by atoms with Gasteiger partial charge in [-0.05, 0) is 30.5 Å². The number of amidine groups is 1. The largest absolute Gasteiger partial charge is 0.494 e. The van der Waals surface area contributed by atoms with Gasteiger partial charge in [0.2, 0.25) is 0 Å². The number of rotatable bonds is 5. The van der Waals surface area contributed by atoms with Gasteiger partial charge in [-0.1, -0.05) is 24.4 Å². The van der Waals surface area contributed by atoms with Crippen LogP contribution in [0.3, 0.4) is 0 Å². The molecule has 1 aliphatic carbocycles. The normalized spacial score (nSPS) is 16.6. The van der Waals surface area contributed by atoms with Crippen molar-refractivity contribution in [2.24, 2.45) is 16.8 Å². The van der Waals surface area contributed by atoms with Gasteiger partial charge in [-0.25, -0.2) is 0 Å². The lowest BCUT2D eigenvalue weighted by Gasteiger charge is -2.25. The van der Waals surface area contributed by atoms with E-state index in [2.05, 4.69) is 5.16 Å². The van der Waals surface area contributed by atoms with E-state index in [1.807, 2.05) is 0 Å². The van der Waals surface area contributed by atoms with Crippen molar-refractivity contribution >= 4 is 5.84 Å². The smallest absolute Gasteiger partial charge is 0.417 e. The lowest BCUT2D eigenvalue weighted by molar-refractivity contribution is -0.137. The molecule has 116 valence electrons. The summed E-state index contributed by atoms with van der Waals surface area (Å²) in [5, 5.41) is 11.2. The van der Waals surface area contributed by atoms with Crippen molar-refractivity contribution < 1.29 is 23.1 Å². The third kappa shape index (κ3) is 3.80. The lowest BCUT2D eigenvalue weighted by Crippen LogP contribution is -2.20. The fourth-order valence-electron chi connectivity index (χ4n) is 2.25. The molecule has 0 spiro atoms.